The van der Waals surface area contributed by atoms with E-state index in [-0.39, 0.29) is 11.9 Å². The quantitative estimate of drug-likeness (QED) is 0.748. The molecule has 1 aliphatic rings. The number of hydrogen-bond donors (Lipinski definition) is 3. The predicted molar refractivity (Wildman–Crippen MR) is 101 cm³/mol. The first kappa shape index (κ1) is 20.0. The Hall–Kier alpha value is -2.28. The van der Waals surface area contributed by atoms with Crippen molar-refractivity contribution in [1.29, 1.82) is 0 Å². The Kier molecular flexibility index (Phi) is 6.85. The maximum absolute atomic E-state index is 12.4. The molecule has 0 aromatic heterocycles. The van der Waals surface area contributed by atoms with Crippen LogP contribution in [0.25, 0.3) is 0 Å². The van der Waals surface area contributed by atoms with Gasteiger partial charge in [-0.3, -0.25) is 4.79 Å². The molecule has 0 aliphatic carbocycles. The van der Waals surface area contributed by atoms with Gasteiger partial charge in [0.25, 0.3) is 0 Å². The predicted octanol–water partition coefficient (Wildman–Crippen LogP) is 3.13. The Bertz CT molecular complexity index is 621. The number of rotatable bonds is 5. The van der Waals surface area contributed by atoms with Crippen LogP contribution in [0.3, 0.4) is 0 Å². The minimum atomic E-state index is -0.726. The van der Waals surface area contributed by atoms with Crippen molar-refractivity contribution in [3.63, 3.8) is 0 Å². The van der Waals surface area contributed by atoms with Gasteiger partial charge in [0.15, 0.2) is 0 Å². The van der Waals surface area contributed by atoms with E-state index in [0.717, 1.165) is 25.1 Å². The lowest BCUT2D eigenvalue weighted by atomic mass is 10.1. The molecule has 1 heterocycles. The number of nitrogens with one attached hydrogen (secondary N) is 3. The average molecular weight is 363 g/mol. The van der Waals surface area contributed by atoms with E-state index >= 15 is 0 Å². The third-order valence-corrected chi connectivity index (χ3v) is 3.83. The molecule has 2 amide bonds. The number of carbonyl (C=O) groups is 2. The molecule has 3 N–H and O–H groups in total. The molecule has 1 saturated heterocycles. The van der Waals surface area contributed by atoms with E-state index in [2.05, 4.69) is 16.0 Å². The lowest BCUT2D eigenvalue weighted by Gasteiger charge is -2.26. The molecular weight excluding hydrogens is 334 g/mol. The topological polar surface area (TPSA) is 88.7 Å². The van der Waals surface area contributed by atoms with E-state index < -0.39 is 17.7 Å². The molecule has 0 bridgehead atoms. The highest BCUT2D eigenvalue weighted by Crippen LogP contribution is 2.24. The molecule has 7 heteroatoms. The minimum absolute atomic E-state index is 0.221. The van der Waals surface area contributed by atoms with Gasteiger partial charge < -0.3 is 25.4 Å². The summed E-state index contributed by atoms with van der Waals surface area (Å²) in [6.07, 6.45) is 1.42. The van der Waals surface area contributed by atoms with Crippen molar-refractivity contribution in [1.82, 2.24) is 5.32 Å². The Balaban J connectivity index is 1.94. The van der Waals surface area contributed by atoms with Gasteiger partial charge in [-0.15, -0.1) is 0 Å². The van der Waals surface area contributed by atoms with Crippen molar-refractivity contribution in [2.75, 3.05) is 23.8 Å². The van der Waals surface area contributed by atoms with Gasteiger partial charge in [-0.1, -0.05) is 12.1 Å². The van der Waals surface area contributed by atoms with E-state index in [1.807, 2.05) is 24.3 Å². The molecule has 2 rings (SSSR count). The second-order valence-electron chi connectivity index (χ2n) is 7.46. The maximum Gasteiger partial charge on any atom is 0.408 e. The molecule has 1 aromatic rings. The first-order valence-electron chi connectivity index (χ1n) is 8.98. The van der Waals surface area contributed by atoms with Crippen molar-refractivity contribution < 1.29 is 19.1 Å². The zero-order valence-electron chi connectivity index (χ0n) is 15.9. The summed E-state index contributed by atoms with van der Waals surface area (Å²) in [6.45, 7) is 8.38. The molecule has 144 valence electrons. The second kappa shape index (κ2) is 8.89. The lowest BCUT2D eigenvalue weighted by molar-refractivity contribution is -0.117. The summed E-state index contributed by atoms with van der Waals surface area (Å²) < 4.78 is 10.7. The fraction of sp³-hybridized carbons (Fsp3) is 0.579. The summed E-state index contributed by atoms with van der Waals surface area (Å²) in [4.78, 5) is 24.2. The highest BCUT2D eigenvalue weighted by molar-refractivity contribution is 5.98. The lowest BCUT2D eigenvalue weighted by Crippen LogP contribution is -2.44. The summed E-state index contributed by atoms with van der Waals surface area (Å²) in [5, 5.41) is 8.81. The van der Waals surface area contributed by atoms with Crippen LogP contribution in [0.1, 0.15) is 40.5 Å². The molecule has 7 nitrogen and oxygen atoms in total. The average Bonchev–Trinajstić information content (AvgIpc) is 2.55. The smallest absolute Gasteiger partial charge is 0.408 e. The highest BCUT2D eigenvalue weighted by atomic mass is 16.6. The largest absolute Gasteiger partial charge is 0.444 e. The number of alkyl carbamates (subject to hydrolysis) is 1. The molecule has 1 aliphatic heterocycles. The monoisotopic (exact) mass is 363 g/mol. The molecule has 0 saturated carbocycles. The third-order valence-electron chi connectivity index (χ3n) is 3.83. The van der Waals surface area contributed by atoms with Crippen LogP contribution in [0.5, 0.6) is 0 Å². The number of anilines is 2. The van der Waals surface area contributed by atoms with Crippen molar-refractivity contribution in [2.24, 2.45) is 0 Å². The fourth-order valence-electron chi connectivity index (χ4n) is 2.58. The van der Waals surface area contributed by atoms with Gasteiger partial charge in [0.1, 0.15) is 11.6 Å². The van der Waals surface area contributed by atoms with Gasteiger partial charge in [-0.2, -0.15) is 0 Å². The zero-order chi connectivity index (χ0) is 19.2. The van der Waals surface area contributed by atoms with Gasteiger partial charge in [0.2, 0.25) is 5.91 Å². The molecule has 1 aromatic carbocycles. The normalized spacial score (nSPS) is 18.5. The van der Waals surface area contributed by atoms with E-state index in [1.165, 1.54) is 0 Å². The zero-order valence-corrected chi connectivity index (χ0v) is 15.9. The van der Waals surface area contributed by atoms with Crippen molar-refractivity contribution >= 4 is 23.4 Å². The molecule has 0 spiro atoms. The summed E-state index contributed by atoms with van der Waals surface area (Å²) in [7, 11) is 0. The SMILES string of the molecule is CC(NC(=O)OC(C)(C)C)C(=O)Nc1ccccc1N[C@H]1CCCOC1. The Morgan fingerprint density at radius 2 is 1.92 bits per heavy atom. The number of para-hydroxylation sites is 2. The second-order valence-corrected chi connectivity index (χ2v) is 7.46. The summed E-state index contributed by atoms with van der Waals surface area (Å²) in [6, 6.07) is 6.99. The van der Waals surface area contributed by atoms with Gasteiger partial charge >= 0.3 is 6.09 Å². The Morgan fingerprint density at radius 3 is 2.54 bits per heavy atom. The van der Waals surface area contributed by atoms with Gasteiger partial charge in [0, 0.05) is 12.6 Å². The third kappa shape index (κ3) is 6.55. The molecule has 26 heavy (non-hydrogen) atoms. The van der Waals surface area contributed by atoms with Crippen LogP contribution in [0, 0.1) is 0 Å². The number of amides is 2. The summed E-state index contributed by atoms with van der Waals surface area (Å²) >= 11 is 0. The maximum atomic E-state index is 12.4. The summed E-state index contributed by atoms with van der Waals surface area (Å²) in [5.41, 5.74) is 0.889. The number of benzene rings is 1. The van der Waals surface area contributed by atoms with Crippen molar-refractivity contribution in [2.45, 2.75) is 58.2 Å². The van der Waals surface area contributed by atoms with Crippen LogP contribution >= 0.6 is 0 Å². The molecular formula is C19H29N3O4. The molecule has 1 fully saturated rings. The van der Waals surface area contributed by atoms with Crippen LogP contribution < -0.4 is 16.0 Å². The Morgan fingerprint density at radius 1 is 1.23 bits per heavy atom. The number of ether oxygens (including phenoxy) is 2. The standard InChI is InChI=1S/C19H29N3O4/c1-13(20-18(24)26-19(2,3)4)17(23)22-16-10-6-5-9-15(16)21-14-8-7-11-25-12-14/h5-6,9-10,13-14,21H,7-8,11-12H2,1-4H3,(H,20,24)(H,22,23)/t13?,14-/m0/s1. The van der Waals surface area contributed by atoms with Crippen LogP contribution in [0.15, 0.2) is 24.3 Å². The van der Waals surface area contributed by atoms with E-state index in [1.54, 1.807) is 27.7 Å². The molecule has 1 unspecified atom stereocenters. The molecule has 2 atom stereocenters. The van der Waals surface area contributed by atoms with Crippen LogP contribution in [-0.4, -0.2) is 42.9 Å². The van der Waals surface area contributed by atoms with E-state index in [0.29, 0.717) is 12.3 Å². The number of hydrogen-bond acceptors (Lipinski definition) is 5. The van der Waals surface area contributed by atoms with Crippen molar-refractivity contribution in [3.8, 4) is 0 Å². The highest BCUT2D eigenvalue weighted by Gasteiger charge is 2.22. The van der Waals surface area contributed by atoms with Crippen molar-refractivity contribution in [3.05, 3.63) is 24.3 Å². The van der Waals surface area contributed by atoms with Gasteiger partial charge in [-0.05, 0) is 52.7 Å². The van der Waals surface area contributed by atoms with Gasteiger partial charge in [-0.25, -0.2) is 4.79 Å². The summed E-state index contributed by atoms with van der Waals surface area (Å²) in [5.74, 6) is -0.315. The van der Waals surface area contributed by atoms with Crippen LogP contribution in [0.2, 0.25) is 0 Å². The molecule has 0 radical (unpaired) electrons. The van der Waals surface area contributed by atoms with Crippen LogP contribution in [0.4, 0.5) is 16.2 Å². The van der Waals surface area contributed by atoms with Crippen LogP contribution in [-0.2, 0) is 14.3 Å². The minimum Gasteiger partial charge on any atom is -0.444 e. The Labute approximate surface area is 154 Å². The van der Waals surface area contributed by atoms with E-state index in [9.17, 15) is 9.59 Å². The fourth-order valence-corrected chi connectivity index (χ4v) is 2.58. The van der Waals surface area contributed by atoms with E-state index in [4.69, 9.17) is 9.47 Å². The first-order chi connectivity index (χ1) is 12.2. The first-order valence-corrected chi connectivity index (χ1v) is 8.98. The number of carbonyl (C=O) groups excluding carboxylic acids is 2. The van der Waals surface area contributed by atoms with Gasteiger partial charge in [0.05, 0.1) is 18.0 Å².